The number of nitrogens with two attached hydrogens (primary N) is 1. The molecule has 7 heteroatoms. The molecule has 0 aliphatic heterocycles. The first-order valence-electron chi connectivity index (χ1n) is 10.9. The van der Waals surface area contributed by atoms with Crippen LogP contribution in [0, 0.1) is 5.41 Å². The van der Waals surface area contributed by atoms with E-state index in [0.717, 1.165) is 11.1 Å². The van der Waals surface area contributed by atoms with Crippen molar-refractivity contribution in [3.8, 4) is 5.75 Å². The molecule has 0 bridgehead atoms. The summed E-state index contributed by atoms with van der Waals surface area (Å²) >= 11 is 0. The number of ether oxygens (including phenoxy) is 2. The van der Waals surface area contributed by atoms with Gasteiger partial charge in [0, 0.05) is 10.9 Å². The Labute approximate surface area is 196 Å². The number of carbonyl (C=O) groups excluding carboxylic acids is 1. The van der Waals surface area contributed by atoms with E-state index in [-0.39, 0.29) is 24.6 Å². The predicted octanol–water partition coefficient (Wildman–Crippen LogP) is 4.09. The SMILES string of the molecule is CCOC(=O)c1cc2cccc(OCc3ccccc3)c2n(Cc2cccc(C(=N)N)c2)c1=O. The summed E-state index contributed by atoms with van der Waals surface area (Å²) in [5.41, 5.74) is 8.00. The van der Waals surface area contributed by atoms with E-state index in [1.54, 1.807) is 37.3 Å². The molecule has 0 saturated heterocycles. The molecule has 7 nitrogen and oxygen atoms in total. The number of carbonyl (C=O) groups is 1. The standard InChI is InChI=1S/C27H25N3O4/c1-2-33-27(32)22-15-20-11-7-13-23(34-17-18-8-4-3-5-9-18)24(20)30(26(22)31)16-19-10-6-12-21(14-19)25(28)29/h3-15H,2,16-17H2,1H3,(H3,28,29). The monoisotopic (exact) mass is 455 g/mol. The van der Waals surface area contributed by atoms with E-state index in [2.05, 4.69) is 0 Å². The molecule has 0 radical (unpaired) electrons. The van der Waals surface area contributed by atoms with Crippen molar-refractivity contribution in [1.29, 1.82) is 5.41 Å². The molecular formula is C27H25N3O4. The van der Waals surface area contributed by atoms with E-state index in [9.17, 15) is 9.59 Å². The fourth-order valence-corrected chi connectivity index (χ4v) is 3.79. The highest BCUT2D eigenvalue weighted by Gasteiger charge is 2.19. The number of nitrogen functional groups attached to an aromatic ring is 1. The number of rotatable bonds is 8. The van der Waals surface area contributed by atoms with E-state index >= 15 is 0 Å². The van der Waals surface area contributed by atoms with Gasteiger partial charge in [-0.15, -0.1) is 0 Å². The summed E-state index contributed by atoms with van der Waals surface area (Å²) in [4.78, 5) is 26.0. The van der Waals surface area contributed by atoms with Crippen LogP contribution in [0.2, 0.25) is 0 Å². The molecule has 3 aromatic carbocycles. The van der Waals surface area contributed by atoms with Gasteiger partial charge in [0.25, 0.3) is 5.56 Å². The van der Waals surface area contributed by atoms with Crippen molar-refractivity contribution in [3.63, 3.8) is 0 Å². The molecule has 1 aromatic heterocycles. The molecule has 4 aromatic rings. The van der Waals surface area contributed by atoms with E-state index in [1.165, 1.54) is 4.57 Å². The van der Waals surface area contributed by atoms with E-state index in [0.29, 0.717) is 28.8 Å². The third kappa shape index (κ3) is 4.83. The van der Waals surface area contributed by atoms with Crippen LogP contribution in [0.25, 0.3) is 10.9 Å². The molecule has 0 amide bonds. The summed E-state index contributed by atoms with van der Waals surface area (Å²) in [5.74, 6) is -0.209. The molecule has 0 saturated carbocycles. The number of fused-ring (bicyclic) bond motifs is 1. The average molecular weight is 456 g/mol. The van der Waals surface area contributed by atoms with Crippen LogP contribution in [0.3, 0.4) is 0 Å². The highest BCUT2D eigenvalue weighted by Crippen LogP contribution is 2.27. The number of nitrogens with zero attached hydrogens (tertiary/aromatic N) is 1. The number of para-hydroxylation sites is 1. The number of hydrogen-bond donors (Lipinski definition) is 2. The van der Waals surface area contributed by atoms with E-state index < -0.39 is 11.5 Å². The first-order valence-corrected chi connectivity index (χ1v) is 10.9. The Morgan fingerprint density at radius 1 is 0.971 bits per heavy atom. The third-order valence-electron chi connectivity index (χ3n) is 5.39. The minimum atomic E-state index is -0.670. The van der Waals surface area contributed by atoms with Gasteiger partial charge in [-0.05, 0) is 36.2 Å². The molecular weight excluding hydrogens is 430 g/mol. The quantitative estimate of drug-likeness (QED) is 0.236. The molecule has 0 aliphatic carbocycles. The zero-order chi connectivity index (χ0) is 24.1. The molecule has 1 heterocycles. The van der Waals surface area contributed by atoms with Crippen molar-refractivity contribution < 1.29 is 14.3 Å². The second-order valence-electron chi connectivity index (χ2n) is 7.75. The normalized spacial score (nSPS) is 10.7. The number of nitrogens with one attached hydrogen (secondary N) is 1. The van der Waals surface area contributed by atoms with Crippen LogP contribution in [-0.2, 0) is 17.9 Å². The zero-order valence-corrected chi connectivity index (χ0v) is 18.8. The van der Waals surface area contributed by atoms with Crippen molar-refractivity contribution >= 4 is 22.7 Å². The van der Waals surface area contributed by atoms with Gasteiger partial charge >= 0.3 is 5.97 Å². The van der Waals surface area contributed by atoms with Crippen molar-refractivity contribution in [3.05, 3.63) is 111 Å². The fraction of sp³-hybridized carbons (Fsp3) is 0.148. The van der Waals surface area contributed by atoms with Crippen LogP contribution in [0.1, 0.15) is 34.0 Å². The summed E-state index contributed by atoms with van der Waals surface area (Å²) in [6.45, 7) is 2.35. The smallest absolute Gasteiger partial charge is 0.343 e. The molecule has 0 spiro atoms. The van der Waals surface area contributed by atoms with Crippen LogP contribution < -0.4 is 16.0 Å². The molecule has 0 unspecified atom stereocenters. The average Bonchev–Trinajstić information content (AvgIpc) is 2.85. The number of aromatic nitrogens is 1. The second-order valence-corrected chi connectivity index (χ2v) is 7.75. The maximum absolute atomic E-state index is 13.5. The molecule has 0 atom stereocenters. The topological polar surface area (TPSA) is 107 Å². The molecule has 0 fully saturated rings. The van der Waals surface area contributed by atoms with E-state index in [4.69, 9.17) is 20.6 Å². The van der Waals surface area contributed by atoms with Gasteiger partial charge in [0.2, 0.25) is 0 Å². The van der Waals surface area contributed by atoms with Crippen LogP contribution in [0.5, 0.6) is 5.75 Å². The van der Waals surface area contributed by atoms with Gasteiger partial charge in [0.15, 0.2) is 0 Å². The summed E-state index contributed by atoms with van der Waals surface area (Å²) < 4.78 is 12.8. The minimum absolute atomic E-state index is 0.0442. The fourth-order valence-electron chi connectivity index (χ4n) is 3.79. The number of benzene rings is 3. The summed E-state index contributed by atoms with van der Waals surface area (Å²) in [7, 11) is 0. The summed E-state index contributed by atoms with van der Waals surface area (Å²) in [6.07, 6.45) is 0. The zero-order valence-electron chi connectivity index (χ0n) is 18.8. The molecule has 0 aliphatic rings. The number of pyridine rings is 1. The number of hydrogen-bond acceptors (Lipinski definition) is 5. The summed E-state index contributed by atoms with van der Waals surface area (Å²) in [5, 5.41) is 8.40. The third-order valence-corrected chi connectivity index (χ3v) is 5.39. The van der Waals surface area contributed by atoms with Crippen LogP contribution in [0.4, 0.5) is 0 Å². The highest BCUT2D eigenvalue weighted by molar-refractivity contribution is 5.96. The van der Waals surface area contributed by atoms with Gasteiger partial charge in [-0.2, -0.15) is 0 Å². The van der Waals surface area contributed by atoms with Crippen molar-refractivity contribution in [2.24, 2.45) is 5.73 Å². The molecule has 4 rings (SSSR count). The Hall–Kier alpha value is -4.39. The molecule has 34 heavy (non-hydrogen) atoms. The van der Waals surface area contributed by atoms with Gasteiger partial charge in [0.05, 0.1) is 18.7 Å². The lowest BCUT2D eigenvalue weighted by molar-refractivity contribution is 0.0524. The van der Waals surface area contributed by atoms with Crippen molar-refractivity contribution in [2.45, 2.75) is 20.1 Å². The van der Waals surface area contributed by atoms with Gasteiger partial charge in [-0.3, -0.25) is 14.8 Å². The number of esters is 1. The van der Waals surface area contributed by atoms with E-state index in [1.807, 2.05) is 48.5 Å². The lowest BCUT2D eigenvalue weighted by Gasteiger charge is -2.17. The number of amidine groups is 1. The Balaban J connectivity index is 1.86. The summed E-state index contributed by atoms with van der Waals surface area (Å²) in [6, 6.07) is 23.8. The lowest BCUT2D eigenvalue weighted by Crippen LogP contribution is -2.28. The van der Waals surface area contributed by atoms with Gasteiger partial charge in [-0.1, -0.05) is 60.7 Å². The lowest BCUT2D eigenvalue weighted by atomic mass is 10.1. The molecule has 172 valence electrons. The van der Waals surface area contributed by atoms with Crippen LogP contribution in [-0.4, -0.2) is 23.0 Å². The maximum Gasteiger partial charge on any atom is 0.343 e. The Morgan fingerprint density at radius 3 is 2.44 bits per heavy atom. The Bertz CT molecular complexity index is 1410. The van der Waals surface area contributed by atoms with Gasteiger partial charge in [0.1, 0.15) is 23.8 Å². The minimum Gasteiger partial charge on any atom is -0.487 e. The largest absolute Gasteiger partial charge is 0.487 e. The second kappa shape index (κ2) is 10.0. The predicted molar refractivity (Wildman–Crippen MR) is 131 cm³/mol. The maximum atomic E-state index is 13.5. The first-order chi connectivity index (χ1) is 16.5. The van der Waals surface area contributed by atoms with Crippen molar-refractivity contribution in [2.75, 3.05) is 6.61 Å². The van der Waals surface area contributed by atoms with Crippen molar-refractivity contribution in [1.82, 2.24) is 4.57 Å². The Morgan fingerprint density at radius 2 is 1.71 bits per heavy atom. The Kier molecular flexibility index (Phi) is 6.73. The van der Waals surface area contributed by atoms with Crippen LogP contribution in [0.15, 0.2) is 83.7 Å². The highest BCUT2D eigenvalue weighted by atomic mass is 16.5. The van der Waals surface area contributed by atoms with Gasteiger partial charge in [-0.25, -0.2) is 4.79 Å². The van der Waals surface area contributed by atoms with Gasteiger partial charge < -0.3 is 15.2 Å². The van der Waals surface area contributed by atoms with Crippen LogP contribution >= 0.6 is 0 Å². The molecule has 3 N–H and O–H groups in total. The first kappa shape index (κ1) is 22.8.